The maximum Gasteiger partial charge on any atom is 0.267 e. The second-order valence-electron chi connectivity index (χ2n) is 7.33. The van der Waals surface area contributed by atoms with Gasteiger partial charge in [-0.25, -0.2) is 4.98 Å². The normalized spacial score (nSPS) is 19.2. The fourth-order valence-corrected chi connectivity index (χ4v) is 4.95. The van der Waals surface area contributed by atoms with Crippen molar-refractivity contribution in [2.75, 3.05) is 31.2 Å². The summed E-state index contributed by atoms with van der Waals surface area (Å²) in [5, 5.41) is 0. The van der Waals surface area contributed by atoms with E-state index in [-0.39, 0.29) is 17.5 Å². The minimum absolute atomic E-state index is 0.0365. The van der Waals surface area contributed by atoms with Crippen LogP contribution in [0.2, 0.25) is 0 Å². The van der Waals surface area contributed by atoms with E-state index in [9.17, 15) is 9.59 Å². The Morgan fingerprint density at radius 3 is 2.62 bits per heavy atom. The summed E-state index contributed by atoms with van der Waals surface area (Å²) in [5.74, 6) is 0.411. The zero-order valence-corrected chi connectivity index (χ0v) is 18.2. The molecule has 0 spiro atoms. The Morgan fingerprint density at radius 1 is 1.24 bits per heavy atom. The SMILES string of the molecule is Cc1ccc2nc(N3CCOCC3)c(/C=C3/SC(=S)N(C(C)C)C3=O)c(=O)n2c1. The second-order valence-corrected chi connectivity index (χ2v) is 9.01. The van der Waals surface area contributed by atoms with Crippen molar-refractivity contribution in [1.29, 1.82) is 0 Å². The highest BCUT2D eigenvalue weighted by atomic mass is 32.2. The Labute approximate surface area is 178 Å². The third-order valence-electron chi connectivity index (χ3n) is 4.91. The molecule has 0 aliphatic carbocycles. The van der Waals surface area contributed by atoms with Crippen molar-refractivity contribution < 1.29 is 9.53 Å². The third-order valence-corrected chi connectivity index (χ3v) is 6.24. The number of hydrogen-bond donors (Lipinski definition) is 0. The zero-order chi connectivity index (χ0) is 20.7. The molecule has 2 aromatic heterocycles. The van der Waals surface area contributed by atoms with Gasteiger partial charge in [0.05, 0.1) is 23.7 Å². The number of hydrogen-bond acceptors (Lipinski definition) is 7. The van der Waals surface area contributed by atoms with Crippen LogP contribution in [0.25, 0.3) is 11.7 Å². The van der Waals surface area contributed by atoms with E-state index < -0.39 is 0 Å². The summed E-state index contributed by atoms with van der Waals surface area (Å²) in [5.41, 5.74) is 1.74. The number of amides is 1. The molecule has 0 bridgehead atoms. The van der Waals surface area contributed by atoms with Crippen LogP contribution in [0.4, 0.5) is 5.82 Å². The molecule has 0 N–H and O–H groups in total. The van der Waals surface area contributed by atoms with Gasteiger partial charge in [-0.2, -0.15) is 0 Å². The number of fused-ring (bicyclic) bond motifs is 1. The number of rotatable bonds is 3. The van der Waals surface area contributed by atoms with Gasteiger partial charge in [0.2, 0.25) is 0 Å². The van der Waals surface area contributed by atoms with Gasteiger partial charge in [0.25, 0.3) is 11.5 Å². The minimum atomic E-state index is -0.199. The summed E-state index contributed by atoms with van der Waals surface area (Å²) in [7, 11) is 0. The number of nitrogens with zero attached hydrogens (tertiary/aromatic N) is 4. The summed E-state index contributed by atoms with van der Waals surface area (Å²) < 4.78 is 7.49. The molecule has 7 nitrogen and oxygen atoms in total. The molecule has 0 atom stereocenters. The Morgan fingerprint density at radius 2 is 1.97 bits per heavy atom. The van der Waals surface area contributed by atoms with Crippen LogP contribution in [-0.4, -0.2) is 56.9 Å². The van der Waals surface area contributed by atoms with E-state index in [0.717, 1.165) is 5.56 Å². The van der Waals surface area contributed by atoms with Crippen molar-refractivity contribution in [2.24, 2.45) is 0 Å². The molecule has 2 saturated heterocycles. The number of pyridine rings is 1. The van der Waals surface area contributed by atoms with Gasteiger partial charge < -0.3 is 9.64 Å². The van der Waals surface area contributed by atoms with Crippen molar-refractivity contribution in [1.82, 2.24) is 14.3 Å². The highest BCUT2D eigenvalue weighted by molar-refractivity contribution is 8.26. The largest absolute Gasteiger partial charge is 0.378 e. The fourth-order valence-electron chi connectivity index (χ4n) is 3.45. The van der Waals surface area contributed by atoms with Gasteiger partial charge in [-0.1, -0.05) is 30.0 Å². The summed E-state index contributed by atoms with van der Waals surface area (Å²) in [6.07, 6.45) is 3.42. The number of thioether (sulfide) groups is 1. The maximum atomic E-state index is 13.4. The van der Waals surface area contributed by atoms with Crippen LogP contribution in [0, 0.1) is 6.92 Å². The molecule has 0 aromatic carbocycles. The highest BCUT2D eigenvalue weighted by Gasteiger charge is 2.34. The lowest BCUT2D eigenvalue weighted by molar-refractivity contribution is -0.123. The number of aryl methyl sites for hydroxylation is 1. The lowest BCUT2D eigenvalue weighted by Crippen LogP contribution is -2.38. The van der Waals surface area contributed by atoms with Crippen molar-refractivity contribution in [3.8, 4) is 0 Å². The van der Waals surface area contributed by atoms with Crippen molar-refractivity contribution in [2.45, 2.75) is 26.8 Å². The minimum Gasteiger partial charge on any atom is -0.378 e. The molecule has 0 unspecified atom stereocenters. The Hall–Kier alpha value is -2.23. The van der Waals surface area contributed by atoms with Gasteiger partial charge in [-0.15, -0.1) is 0 Å². The monoisotopic (exact) mass is 430 g/mol. The van der Waals surface area contributed by atoms with Crippen LogP contribution in [-0.2, 0) is 9.53 Å². The summed E-state index contributed by atoms with van der Waals surface area (Å²) in [6, 6.07) is 3.73. The van der Waals surface area contributed by atoms with Gasteiger partial charge in [-0.05, 0) is 38.5 Å². The maximum absolute atomic E-state index is 13.4. The second kappa shape index (κ2) is 7.89. The number of ether oxygens (including phenoxy) is 1. The highest BCUT2D eigenvalue weighted by Crippen LogP contribution is 2.34. The fraction of sp³-hybridized carbons (Fsp3) is 0.400. The average molecular weight is 431 g/mol. The summed E-state index contributed by atoms with van der Waals surface area (Å²) >= 11 is 6.60. The topological polar surface area (TPSA) is 67.2 Å². The van der Waals surface area contributed by atoms with Crippen molar-refractivity contribution >= 4 is 51.7 Å². The Kier molecular flexibility index (Phi) is 5.46. The Balaban J connectivity index is 1.90. The van der Waals surface area contributed by atoms with E-state index in [1.807, 2.05) is 37.8 Å². The molecule has 2 aromatic rings. The van der Waals surface area contributed by atoms with E-state index in [4.69, 9.17) is 21.9 Å². The number of aromatic nitrogens is 2. The van der Waals surface area contributed by atoms with Crippen molar-refractivity contribution in [3.05, 3.63) is 44.7 Å². The molecule has 4 rings (SSSR count). The first kappa shape index (κ1) is 20.1. The van der Waals surface area contributed by atoms with Crippen LogP contribution in [0.5, 0.6) is 0 Å². The zero-order valence-electron chi connectivity index (χ0n) is 16.5. The first-order valence-electron chi connectivity index (χ1n) is 9.49. The molecule has 2 aliphatic heterocycles. The number of carbonyl (C=O) groups is 1. The standard InChI is InChI=1S/C20H22N4O3S2/c1-12(2)24-19(26)15(29-20(24)28)10-14-17(22-6-8-27-9-7-22)21-16-5-4-13(3)11-23(16)18(14)25/h4-5,10-12H,6-9H2,1-3H3/b15-10+. The van der Waals surface area contributed by atoms with Crippen molar-refractivity contribution in [3.63, 3.8) is 0 Å². The van der Waals surface area contributed by atoms with E-state index in [1.54, 1.807) is 17.2 Å². The molecule has 2 fully saturated rings. The first-order valence-corrected chi connectivity index (χ1v) is 10.7. The number of morpholine rings is 1. The molecular weight excluding hydrogens is 408 g/mol. The van der Waals surface area contributed by atoms with E-state index in [2.05, 4.69) is 0 Å². The Bertz CT molecular complexity index is 1090. The van der Waals surface area contributed by atoms with E-state index >= 15 is 0 Å². The number of anilines is 1. The molecule has 9 heteroatoms. The van der Waals surface area contributed by atoms with Gasteiger partial charge >= 0.3 is 0 Å². The van der Waals surface area contributed by atoms with Crippen LogP contribution in [0.1, 0.15) is 25.0 Å². The third kappa shape index (κ3) is 3.70. The molecular formula is C20H22N4O3S2. The smallest absolute Gasteiger partial charge is 0.267 e. The quantitative estimate of drug-likeness (QED) is 0.547. The van der Waals surface area contributed by atoms with Gasteiger partial charge in [0.1, 0.15) is 15.8 Å². The van der Waals surface area contributed by atoms with Crippen LogP contribution in [0.15, 0.2) is 28.0 Å². The molecule has 152 valence electrons. The number of carbonyl (C=O) groups excluding carboxylic acids is 1. The summed E-state index contributed by atoms with van der Waals surface area (Å²) in [6.45, 7) is 8.19. The predicted octanol–water partition coefficient (Wildman–Crippen LogP) is 2.45. The molecule has 0 saturated carbocycles. The van der Waals surface area contributed by atoms with Crippen LogP contribution < -0.4 is 10.5 Å². The lowest BCUT2D eigenvalue weighted by atomic mass is 10.2. The lowest BCUT2D eigenvalue weighted by Gasteiger charge is -2.29. The summed E-state index contributed by atoms with van der Waals surface area (Å²) in [4.78, 5) is 35.1. The van der Waals surface area contributed by atoms with Gasteiger partial charge in [0.15, 0.2) is 0 Å². The molecule has 0 radical (unpaired) electrons. The molecule has 29 heavy (non-hydrogen) atoms. The molecule has 2 aliphatic rings. The predicted molar refractivity (Wildman–Crippen MR) is 119 cm³/mol. The van der Waals surface area contributed by atoms with Gasteiger partial charge in [-0.3, -0.25) is 18.9 Å². The molecule has 4 heterocycles. The molecule has 1 amide bonds. The first-order chi connectivity index (χ1) is 13.9. The van der Waals surface area contributed by atoms with Gasteiger partial charge in [0, 0.05) is 25.3 Å². The number of thiocarbonyl (C=S) groups is 1. The van der Waals surface area contributed by atoms with E-state index in [0.29, 0.717) is 52.6 Å². The average Bonchev–Trinajstić information content (AvgIpc) is 2.98. The van der Waals surface area contributed by atoms with Crippen LogP contribution in [0.3, 0.4) is 0 Å². The van der Waals surface area contributed by atoms with Crippen LogP contribution >= 0.6 is 24.0 Å². The van der Waals surface area contributed by atoms with E-state index in [1.165, 1.54) is 16.2 Å².